The van der Waals surface area contributed by atoms with Gasteiger partial charge in [-0.05, 0) is 19.4 Å². The van der Waals surface area contributed by atoms with Gasteiger partial charge in [-0.25, -0.2) is 17.5 Å². The van der Waals surface area contributed by atoms with Crippen LogP contribution in [0.4, 0.5) is 4.39 Å². The lowest BCUT2D eigenvalue weighted by Crippen LogP contribution is -2.41. The van der Waals surface area contributed by atoms with Crippen LogP contribution in [-0.4, -0.2) is 27.8 Å². The van der Waals surface area contributed by atoms with E-state index in [1.165, 1.54) is 13.2 Å². The third kappa shape index (κ3) is 4.54. The Morgan fingerprint density at radius 1 is 1.35 bits per heavy atom. The highest BCUT2D eigenvalue weighted by Gasteiger charge is 2.30. The van der Waals surface area contributed by atoms with Crippen LogP contribution in [0.5, 0.6) is 0 Å². The molecule has 20 heavy (non-hydrogen) atoms. The number of rotatable bonds is 8. The summed E-state index contributed by atoms with van der Waals surface area (Å²) in [5, 5.41) is 0. The third-order valence-electron chi connectivity index (χ3n) is 3.29. The Balaban J connectivity index is 2.84. The van der Waals surface area contributed by atoms with Gasteiger partial charge in [0.1, 0.15) is 11.4 Å². The summed E-state index contributed by atoms with van der Waals surface area (Å²) in [4.78, 5) is 0. The molecular formula is C14H22FNO3S. The van der Waals surface area contributed by atoms with E-state index in [0.29, 0.717) is 12.0 Å². The number of sulfonamides is 1. The minimum atomic E-state index is -3.36. The van der Waals surface area contributed by atoms with Crippen molar-refractivity contribution in [3.63, 3.8) is 0 Å². The van der Waals surface area contributed by atoms with Gasteiger partial charge in [-0.3, -0.25) is 0 Å². The molecule has 1 aromatic carbocycles. The highest BCUT2D eigenvalue weighted by atomic mass is 32.2. The molecule has 1 atom stereocenters. The van der Waals surface area contributed by atoms with Gasteiger partial charge in [0.25, 0.3) is 0 Å². The Morgan fingerprint density at radius 3 is 2.55 bits per heavy atom. The predicted octanol–water partition coefficient (Wildman–Crippen LogP) is 2.41. The molecule has 0 heterocycles. The molecule has 0 saturated heterocycles. The topological polar surface area (TPSA) is 55.4 Å². The summed E-state index contributed by atoms with van der Waals surface area (Å²) in [6, 6.07) is 6.21. The molecule has 0 aromatic heterocycles. The van der Waals surface area contributed by atoms with Crippen molar-refractivity contribution < 1.29 is 17.5 Å². The number of hydrogen-bond donors (Lipinski definition) is 1. The second kappa shape index (κ2) is 7.15. The van der Waals surface area contributed by atoms with Crippen LogP contribution in [0.2, 0.25) is 0 Å². The Bertz CT molecular complexity index is 533. The van der Waals surface area contributed by atoms with E-state index in [1.54, 1.807) is 25.1 Å². The van der Waals surface area contributed by atoms with Crippen molar-refractivity contribution >= 4 is 10.0 Å². The summed E-state index contributed by atoms with van der Waals surface area (Å²) in [7, 11) is -1.92. The van der Waals surface area contributed by atoms with E-state index < -0.39 is 21.4 Å². The van der Waals surface area contributed by atoms with Gasteiger partial charge in [-0.15, -0.1) is 0 Å². The van der Waals surface area contributed by atoms with Crippen molar-refractivity contribution in [2.45, 2.75) is 32.3 Å². The molecule has 1 aromatic rings. The molecule has 0 aliphatic rings. The van der Waals surface area contributed by atoms with E-state index in [-0.39, 0.29) is 12.3 Å². The molecule has 0 amide bonds. The molecule has 6 heteroatoms. The predicted molar refractivity (Wildman–Crippen MR) is 77.5 cm³/mol. The van der Waals surface area contributed by atoms with Gasteiger partial charge in [-0.2, -0.15) is 0 Å². The van der Waals surface area contributed by atoms with E-state index in [9.17, 15) is 12.8 Å². The minimum Gasteiger partial charge on any atom is -0.372 e. The lowest BCUT2D eigenvalue weighted by atomic mass is 9.95. The minimum absolute atomic E-state index is 0.00349. The molecule has 1 rings (SSSR count). The quantitative estimate of drug-likeness (QED) is 0.802. The zero-order valence-corrected chi connectivity index (χ0v) is 13.0. The second-order valence-electron chi connectivity index (χ2n) is 4.91. The Morgan fingerprint density at radius 2 is 2.00 bits per heavy atom. The van der Waals surface area contributed by atoms with E-state index in [2.05, 4.69) is 4.72 Å². The number of ether oxygens (including phenoxy) is 1. The summed E-state index contributed by atoms with van der Waals surface area (Å²) < 4.78 is 45.3. The van der Waals surface area contributed by atoms with Crippen molar-refractivity contribution in [2.75, 3.05) is 19.4 Å². The standard InChI is InChI=1S/C14H22FNO3S/c1-4-5-10-20(17,18)16-11-14(2,19-3)12-8-6-7-9-13(12)15/h6-9,16H,4-5,10-11H2,1-3H3. The van der Waals surface area contributed by atoms with Crippen LogP contribution >= 0.6 is 0 Å². The molecule has 0 aliphatic carbocycles. The first-order valence-corrected chi connectivity index (χ1v) is 8.27. The summed E-state index contributed by atoms with van der Waals surface area (Å²) in [5.41, 5.74) is -0.703. The van der Waals surface area contributed by atoms with Crippen molar-refractivity contribution in [3.8, 4) is 0 Å². The van der Waals surface area contributed by atoms with E-state index in [4.69, 9.17) is 4.74 Å². The number of nitrogens with one attached hydrogen (secondary N) is 1. The van der Waals surface area contributed by atoms with Gasteiger partial charge in [-0.1, -0.05) is 31.5 Å². The lowest BCUT2D eigenvalue weighted by Gasteiger charge is -2.29. The summed E-state index contributed by atoms with van der Waals surface area (Å²) in [6.07, 6.45) is 1.40. The molecule has 0 aliphatic heterocycles. The second-order valence-corrected chi connectivity index (χ2v) is 6.83. The van der Waals surface area contributed by atoms with Gasteiger partial charge in [0.05, 0.1) is 5.75 Å². The highest BCUT2D eigenvalue weighted by Crippen LogP contribution is 2.26. The summed E-state index contributed by atoms with van der Waals surface area (Å²) >= 11 is 0. The van der Waals surface area contributed by atoms with Crippen LogP contribution in [-0.2, 0) is 20.4 Å². The van der Waals surface area contributed by atoms with Crippen molar-refractivity contribution in [2.24, 2.45) is 0 Å². The monoisotopic (exact) mass is 303 g/mol. The first kappa shape index (κ1) is 17.1. The fraction of sp³-hybridized carbons (Fsp3) is 0.571. The van der Waals surface area contributed by atoms with Crippen molar-refractivity contribution in [3.05, 3.63) is 35.6 Å². The molecule has 1 unspecified atom stereocenters. The van der Waals surface area contributed by atoms with Gasteiger partial charge in [0.2, 0.25) is 10.0 Å². The number of benzene rings is 1. The first-order valence-electron chi connectivity index (χ1n) is 6.62. The zero-order chi connectivity index (χ0) is 15.2. The van der Waals surface area contributed by atoms with Gasteiger partial charge >= 0.3 is 0 Å². The molecule has 114 valence electrons. The largest absolute Gasteiger partial charge is 0.372 e. The maximum atomic E-state index is 13.8. The van der Waals surface area contributed by atoms with Crippen LogP contribution in [0.15, 0.2) is 24.3 Å². The maximum absolute atomic E-state index is 13.8. The van der Waals surface area contributed by atoms with Gasteiger partial charge in [0.15, 0.2) is 0 Å². The smallest absolute Gasteiger partial charge is 0.211 e. The van der Waals surface area contributed by atoms with E-state index in [1.807, 2.05) is 6.92 Å². The molecule has 0 spiro atoms. The van der Waals surface area contributed by atoms with Crippen LogP contribution < -0.4 is 4.72 Å². The lowest BCUT2D eigenvalue weighted by molar-refractivity contribution is 0.00410. The molecule has 0 saturated carbocycles. The van der Waals surface area contributed by atoms with Crippen LogP contribution in [0.1, 0.15) is 32.3 Å². The molecule has 0 bridgehead atoms. The van der Waals surface area contributed by atoms with Crippen molar-refractivity contribution in [1.29, 1.82) is 0 Å². The third-order valence-corrected chi connectivity index (χ3v) is 4.70. The SMILES string of the molecule is CCCCS(=O)(=O)NCC(C)(OC)c1ccccc1F. The molecule has 1 N–H and O–H groups in total. The number of hydrogen-bond acceptors (Lipinski definition) is 3. The number of unbranched alkanes of at least 4 members (excludes halogenated alkanes) is 1. The zero-order valence-electron chi connectivity index (χ0n) is 12.1. The molecule has 0 radical (unpaired) electrons. The average molecular weight is 303 g/mol. The summed E-state index contributed by atoms with van der Waals surface area (Å²) in [6.45, 7) is 3.58. The van der Waals surface area contributed by atoms with Crippen LogP contribution in [0.3, 0.4) is 0 Å². The normalized spacial score (nSPS) is 15.0. The molecular weight excluding hydrogens is 281 g/mol. The Kier molecular flexibility index (Phi) is 6.10. The number of halogens is 1. The van der Waals surface area contributed by atoms with E-state index in [0.717, 1.165) is 6.42 Å². The fourth-order valence-corrected chi connectivity index (χ4v) is 3.13. The molecule has 4 nitrogen and oxygen atoms in total. The van der Waals surface area contributed by atoms with Crippen LogP contribution in [0, 0.1) is 5.82 Å². The summed E-state index contributed by atoms with van der Waals surface area (Å²) in [5.74, 6) is -0.342. The van der Waals surface area contributed by atoms with Crippen molar-refractivity contribution in [1.82, 2.24) is 4.72 Å². The van der Waals surface area contributed by atoms with E-state index >= 15 is 0 Å². The van der Waals surface area contributed by atoms with Crippen LogP contribution in [0.25, 0.3) is 0 Å². The number of methoxy groups -OCH3 is 1. The molecule has 0 fully saturated rings. The Labute approximate surface area is 120 Å². The highest BCUT2D eigenvalue weighted by molar-refractivity contribution is 7.89. The Hall–Kier alpha value is -0.980. The average Bonchev–Trinajstić information content (AvgIpc) is 2.43. The van der Waals surface area contributed by atoms with Gasteiger partial charge in [0, 0.05) is 19.2 Å². The first-order chi connectivity index (χ1) is 9.34. The maximum Gasteiger partial charge on any atom is 0.211 e. The fourth-order valence-electron chi connectivity index (χ4n) is 1.82. The van der Waals surface area contributed by atoms with Gasteiger partial charge < -0.3 is 4.74 Å².